The Balaban J connectivity index is 1.87. The molecule has 0 unspecified atom stereocenters. The van der Waals surface area contributed by atoms with Crippen LogP contribution in [-0.2, 0) is 13.2 Å². The van der Waals surface area contributed by atoms with Crippen molar-refractivity contribution in [2.75, 3.05) is 4.81 Å². The number of pyridine rings is 1. The van der Waals surface area contributed by atoms with Crippen molar-refractivity contribution in [3.05, 3.63) is 88.2 Å². The van der Waals surface area contributed by atoms with Gasteiger partial charge in [-0.25, -0.2) is 8.78 Å². The molecule has 0 bridgehead atoms. The van der Waals surface area contributed by atoms with Gasteiger partial charge in [-0.2, -0.15) is 10.5 Å². The zero-order chi connectivity index (χ0) is 22.4. The molecule has 0 N–H and O–H groups in total. The standard InChI is InChI=1S/C23H17BF2N4O/c1-15-22(31-14-18-4-2-3-17(9-18)11-28)21(23(25)26)19(12-29-15)13-30(24)20-7-5-16(10-27)6-8-20/h2-9,12,23H,13-14H2,1H3. The van der Waals surface area contributed by atoms with E-state index in [9.17, 15) is 8.78 Å². The number of hydrogen-bond acceptors (Lipinski definition) is 5. The fourth-order valence-electron chi connectivity index (χ4n) is 3.08. The van der Waals surface area contributed by atoms with E-state index in [1.807, 2.05) is 12.1 Å². The smallest absolute Gasteiger partial charge is 0.267 e. The normalized spacial score (nSPS) is 10.4. The Bertz CT molecular complexity index is 1150. The number of aromatic nitrogens is 1. The quantitative estimate of drug-likeness (QED) is 0.523. The van der Waals surface area contributed by atoms with Crippen LogP contribution in [0.1, 0.15) is 39.9 Å². The van der Waals surface area contributed by atoms with Crippen LogP contribution < -0.4 is 9.55 Å². The van der Waals surface area contributed by atoms with Gasteiger partial charge >= 0.3 is 0 Å². The van der Waals surface area contributed by atoms with Crippen LogP contribution in [0.5, 0.6) is 5.75 Å². The number of halogens is 2. The summed E-state index contributed by atoms with van der Waals surface area (Å²) < 4.78 is 33.8. The summed E-state index contributed by atoms with van der Waals surface area (Å²) in [4.78, 5) is 5.51. The molecule has 0 saturated heterocycles. The van der Waals surface area contributed by atoms with Gasteiger partial charge in [0.05, 0.1) is 34.5 Å². The van der Waals surface area contributed by atoms with E-state index in [1.165, 1.54) is 11.0 Å². The van der Waals surface area contributed by atoms with E-state index in [4.69, 9.17) is 23.2 Å². The fourth-order valence-corrected chi connectivity index (χ4v) is 3.08. The van der Waals surface area contributed by atoms with Gasteiger partial charge in [-0.3, -0.25) is 4.98 Å². The molecule has 0 atom stereocenters. The first-order chi connectivity index (χ1) is 14.9. The van der Waals surface area contributed by atoms with Crippen molar-refractivity contribution in [3.63, 3.8) is 0 Å². The number of alkyl halides is 2. The topological polar surface area (TPSA) is 72.9 Å². The zero-order valence-electron chi connectivity index (χ0n) is 16.7. The molecule has 3 aromatic rings. The van der Waals surface area contributed by atoms with Gasteiger partial charge in [0.2, 0.25) is 7.98 Å². The molecule has 8 heteroatoms. The van der Waals surface area contributed by atoms with Crippen LogP contribution in [0, 0.1) is 29.6 Å². The number of hydrogen-bond donors (Lipinski definition) is 0. The highest BCUT2D eigenvalue weighted by Crippen LogP contribution is 2.35. The van der Waals surface area contributed by atoms with E-state index in [1.54, 1.807) is 55.5 Å². The van der Waals surface area contributed by atoms with E-state index in [-0.39, 0.29) is 30.0 Å². The molecule has 0 spiro atoms. The molecule has 0 fully saturated rings. The molecule has 1 heterocycles. The monoisotopic (exact) mass is 414 g/mol. The summed E-state index contributed by atoms with van der Waals surface area (Å²) in [5.74, 6) is 0.00286. The minimum atomic E-state index is -2.80. The Morgan fingerprint density at radius 2 is 1.81 bits per heavy atom. The van der Waals surface area contributed by atoms with Crippen molar-refractivity contribution in [2.45, 2.75) is 26.5 Å². The van der Waals surface area contributed by atoms with E-state index >= 15 is 0 Å². The summed E-state index contributed by atoms with van der Waals surface area (Å²) in [5, 5.41) is 17.9. The lowest BCUT2D eigenvalue weighted by Gasteiger charge is -2.23. The van der Waals surface area contributed by atoms with Crippen LogP contribution in [0.25, 0.3) is 0 Å². The molecule has 152 valence electrons. The Hall–Kier alpha value is -3.91. The van der Waals surface area contributed by atoms with Gasteiger partial charge in [0.1, 0.15) is 12.4 Å². The maximum atomic E-state index is 14.0. The first-order valence-corrected chi connectivity index (χ1v) is 9.33. The third kappa shape index (κ3) is 5.18. The van der Waals surface area contributed by atoms with Gasteiger partial charge in [0.15, 0.2) is 0 Å². The van der Waals surface area contributed by atoms with Crippen molar-refractivity contribution in [3.8, 4) is 17.9 Å². The minimum absolute atomic E-state index is 0.00286. The van der Waals surface area contributed by atoms with Gasteiger partial charge in [0, 0.05) is 24.0 Å². The Morgan fingerprint density at radius 3 is 2.45 bits per heavy atom. The van der Waals surface area contributed by atoms with E-state index in [2.05, 4.69) is 4.98 Å². The van der Waals surface area contributed by atoms with Crippen LogP contribution in [0.15, 0.2) is 54.7 Å². The third-order valence-electron chi connectivity index (χ3n) is 4.66. The van der Waals surface area contributed by atoms with Crippen molar-refractivity contribution < 1.29 is 13.5 Å². The van der Waals surface area contributed by atoms with Crippen molar-refractivity contribution >= 4 is 13.7 Å². The minimum Gasteiger partial charge on any atom is -0.486 e. The second-order valence-electron chi connectivity index (χ2n) is 6.80. The largest absolute Gasteiger partial charge is 0.486 e. The molecule has 2 radical (unpaired) electrons. The highest BCUT2D eigenvalue weighted by molar-refractivity contribution is 6.17. The predicted molar refractivity (Wildman–Crippen MR) is 113 cm³/mol. The second kappa shape index (κ2) is 9.73. The molecule has 0 aliphatic heterocycles. The van der Waals surface area contributed by atoms with Crippen LogP contribution in [0.3, 0.4) is 0 Å². The first-order valence-electron chi connectivity index (χ1n) is 9.33. The molecule has 0 amide bonds. The third-order valence-corrected chi connectivity index (χ3v) is 4.66. The molecule has 5 nitrogen and oxygen atoms in total. The lowest BCUT2D eigenvalue weighted by atomic mass is 10.0. The van der Waals surface area contributed by atoms with Crippen LogP contribution in [-0.4, -0.2) is 13.0 Å². The number of aryl methyl sites for hydroxylation is 1. The van der Waals surface area contributed by atoms with Crippen LogP contribution in [0.2, 0.25) is 0 Å². The summed E-state index contributed by atoms with van der Waals surface area (Å²) in [7, 11) is 6.08. The highest BCUT2D eigenvalue weighted by atomic mass is 19.3. The van der Waals surface area contributed by atoms with Crippen LogP contribution in [0.4, 0.5) is 14.5 Å². The Morgan fingerprint density at radius 1 is 1.10 bits per heavy atom. The Labute approximate surface area is 180 Å². The van der Waals surface area contributed by atoms with Crippen molar-refractivity contribution in [1.29, 1.82) is 10.5 Å². The van der Waals surface area contributed by atoms with Gasteiger partial charge in [0.25, 0.3) is 6.43 Å². The van der Waals surface area contributed by atoms with Gasteiger partial charge in [-0.15, -0.1) is 0 Å². The summed E-state index contributed by atoms with van der Waals surface area (Å²) in [6.07, 6.45) is -1.43. The molecular formula is C23H17BF2N4O. The van der Waals surface area contributed by atoms with Crippen molar-refractivity contribution in [2.24, 2.45) is 0 Å². The molecule has 0 saturated carbocycles. The van der Waals surface area contributed by atoms with E-state index in [0.717, 1.165) is 0 Å². The summed E-state index contributed by atoms with van der Waals surface area (Å²) in [5.41, 5.74) is 2.47. The van der Waals surface area contributed by atoms with Gasteiger partial charge in [-0.05, 0) is 48.9 Å². The summed E-state index contributed by atoms with van der Waals surface area (Å²) >= 11 is 0. The maximum absolute atomic E-state index is 14.0. The molecule has 2 aromatic carbocycles. The zero-order valence-corrected chi connectivity index (χ0v) is 16.7. The molecule has 3 rings (SSSR count). The molecule has 0 aliphatic carbocycles. The van der Waals surface area contributed by atoms with Crippen molar-refractivity contribution in [1.82, 2.24) is 4.98 Å². The lowest BCUT2D eigenvalue weighted by molar-refractivity contribution is 0.142. The molecule has 1 aromatic heterocycles. The number of anilines is 1. The maximum Gasteiger partial charge on any atom is 0.267 e. The summed E-state index contributed by atoms with van der Waals surface area (Å²) in [6, 6.07) is 17.3. The number of ether oxygens (including phenoxy) is 1. The van der Waals surface area contributed by atoms with Gasteiger partial charge < -0.3 is 9.55 Å². The number of rotatable bonds is 7. The summed E-state index contributed by atoms with van der Waals surface area (Å²) in [6.45, 7) is 1.58. The first kappa shape index (κ1) is 21.8. The molecule has 31 heavy (non-hydrogen) atoms. The number of nitriles is 2. The van der Waals surface area contributed by atoms with Gasteiger partial charge in [-0.1, -0.05) is 12.1 Å². The number of nitrogens with zero attached hydrogens (tertiary/aromatic N) is 4. The SMILES string of the molecule is [B]N(Cc1cnc(C)c(OCc2cccc(C#N)c2)c1C(F)F)c1ccc(C#N)cc1. The highest BCUT2D eigenvalue weighted by Gasteiger charge is 2.23. The average molecular weight is 414 g/mol. The molecule has 0 aliphatic rings. The Kier molecular flexibility index (Phi) is 6.84. The molecular weight excluding hydrogens is 397 g/mol. The number of benzene rings is 2. The predicted octanol–water partition coefficient (Wildman–Crippen LogP) is 4.74. The second-order valence-corrected chi connectivity index (χ2v) is 6.80. The lowest BCUT2D eigenvalue weighted by Crippen LogP contribution is -2.20. The van der Waals surface area contributed by atoms with E-state index in [0.29, 0.717) is 28.1 Å². The fraction of sp³-hybridized carbons (Fsp3) is 0.174. The van der Waals surface area contributed by atoms with Crippen LogP contribution >= 0.6 is 0 Å². The van der Waals surface area contributed by atoms with E-state index < -0.39 is 6.43 Å². The average Bonchev–Trinajstić information content (AvgIpc) is 2.79.